The Kier molecular flexibility index (Phi) is 2.47. The van der Waals surface area contributed by atoms with Gasteiger partial charge in [0.1, 0.15) is 0 Å². The maximum absolute atomic E-state index is 6.40. The smallest absolute Gasteiger partial charge is 0.0890 e. The van der Waals surface area contributed by atoms with Crippen molar-refractivity contribution in [1.82, 2.24) is 9.97 Å². The molecule has 4 N–H and O–H groups in total. The maximum atomic E-state index is 6.40. The molecule has 4 nitrogen and oxygen atoms in total. The van der Waals surface area contributed by atoms with E-state index in [9.17, 15) is 0 Å². The van der Waals surface area contributed by atoms with E-state index in [1.807, 2.05) is 42.5 Å². The van der Waals surface area contributed by atoms with E-state index in [-0.39, 0.29) is 6.04 Å². The Morgan fingerprint density at radius 2 is 1.83 bits per heavy atom. The van der Waals surface area contributed by atoms with Gasteiger partial charge in [0.2, 0.25) is 0 Å². The van der Waals surface area contributed by atoms with Gasteiger partial charge in [-0.3, -0.25) is 9.97 Å². The molecular formula is C14H14N4. The lowest BCUT2D eigenvalue weighted by molar-refractivity contribution is 0.493. The average molecular weight is 238 g/mol. The SMILES string of the molecule is NC1C=CC=CC1(N)c1ccc2nccnc2c1. The molecule has 0 fully saturated rings. The summed E-state index contributed by atoms with van der Waals surface area (Å²) in [4.78, 5) is 8.53. The summed E-state index contributed by atoms with van der Waals surface area (Å²) in [6.45, 7) is 0. The van der Waals surface area contributed by atoms with Gasteiger partial charge in [0.15, 0.2) is 0 Å². The highest BCUT2D eigenvalue weighted by Crippen LogP contribution is 2.28. The van der Waals surface area contributed by atoms with Gasteiger partial charge in [-0.25, -0.2) is 0 Å². The average Bonchev–Trinajstić information content (AvgIpc) is 2.42. The Bertz CT molecular complexity index is 647. The molecule has 1 aromatic heterocycles. The molecular weight excluding hydrogens is 224 g/mol. The Morgan fingerprint density at radius 1 is 1.06 bits per heavy atom. The normalized spacial score (nSPS) is 26.7. The third-order valence-electron chi connectivity index (χ3n) is 3.32. The molecule has 1 aliphatic carbocycles. The lowest BCUT2D eigenvalue weighted by atomic mass is 9.81. The molecule has 0 radical (unpaired) electrons. The second kappa shape index (κ2) is 4.01. The zero-order valence-corrected chi connectivity index (χ0v) is 9.82. The van der Waals surface area contributed by atoms with Crippen LogP contribution in [0, 0.1) is 0 Å². The van der Waals surface area contributed by atoms with Crippen molar-refractivity contribution in [2.24, 2.45) is 11.5 Å². The first-order valence-electron chi connectivity index (χ1n) is 5.82. The minimum Gasteiger partial charge on any atom is -0.322 e. The van der Waals surface area contributed by atoms with E-state index < -0.39 is 5.54 Å². The molecule has 0 aliphatic heterocycles. The summed E-state index contributed by atoms with van der Waals surface area (Å²) < 4.78 is 0. The third-order valence-corrected chi connectivity index (χ3v) is 3.32. The van der Waals surface area contributed by atoms with Crippen LogP contribution in [0.1, 0.15) is 5.56 Å². The van der Waals surface area contributed by atoms with Crippen molar-refractivity contribution in [1.29, 1.82) is 0 Å². The number of aromatic nitrogens is 2. The van der Waals surface area contributed by atoms with Crippen LogP contribution in [0.15, 0.2) is 54.9 Å². The van der Waals surface area contributed by atoms with Crippen LogP contribution in [0.5, 0.6) is 0 Å². The van der Waals surface area contributed by atoms with Crippen molar-refractivity contribution in [3.63, 3.8) is 0 Å². The Balaban J connectivity index is 2.14. The van der Waals surface area contributed by atoms with Gasteiger partial charge in [0.05, 0.1) is 16.6 Å². The fourth-order valence-electron chi connectivity index (χ4n) is 2.19. The Morgan fingerprint density at radius 3 is 2.61 bits per heavy atom. The van der Waals surface area contributed by atoms with Crippen LogP contribution in [0.4, 0.5) is 0 Å². The van der Waals surface area contributed by atoms with Crippen molar-refractivity contribution in [2.45, 2.75) is 11.6 Å². The summed E-state index contributed by atoms with van der Waals surface area (Å²) in [6.07, 6.45) is 11.0. The quantitative estimate of drug-likeness (QED) is 0.783. The van der Waals surface area contributed by atoms with E-state index in [1.54, 1.807) is 12.4 Å². The maximum Gasteiger partial charge on any atom is 0.0890 e. The van der Waals surface area contributed by atoms with Crippen LogP contribution >= 0.6 is 0 Å². The van der Waals surface area contributed by atoms with Crippen molar-refractivity contribution >= 4 is 11.0 Å². The van der Waals surface area contributed by atoms with E-state index >= 15 is 0 Å². The number of rotatable bonds is 1. The van der Waals surface area contributed by atoms with Gasteiger partial charge < -0.3 is 11.5 Å². The fourth-order valence-corrected chi connectivity index (χ4v) is 2.19. The van der Waals surface area contributed by atoms with Gasteiger partial charge >= 0.3 is 0 Å². The molecule has 18 heavy (non-hydrogen) atoms. The highest BCUT2D eigenvalue weighted by molar-refractivity contribution is 5.75. The summed E-state index contributed by atoms with van der Waals surface area (Å²) in [6, 6.07) is 5.59. The summed E-state index contributed by atoms with van der Waals surface area (Å²) in [7, 11) is 0. The van der Waals surface area contributed by atoms with Crippen LogP contribution in [0.2, 0.25) is 0 Å². The predicted octanol–water partition coefficient (Wildman–Crippen LogP) is 1.24. The van der Waals surface area contributed by atoms with E-state index in [0.29, 0.717) is 0 Å². The van der Waals surface area contributed by atoms with E-state index in [1.165, 1.54) is 0 Å². The monoisotopic (exact) mass is 238 g/mol. The second-order valence-corrected chi connectivity index (χ2v) is 4.46. The number of nitrogens with two attached hydrogens (primary N) is 2. The van der Waals surface area contributed by atoms with Crippen LogP contribution in [-0.2, 0) is 5.54 Å². The summed E-state index contributed by atoms with van der Waals surface area (Å²) in [5.74, 6) is 0. The van der Waals surface area contributed by atoms with E-state index in [2.05, 4.69) is 9.97 Å². The first-order chi connectivity index (χ1) is 8.70. The minimum atomic E-state index is -0.680. The molecule has 3 rings (SSSR count). The van der Waals surface area contributed by atoms with Crippen LogP contribution in [0.25, 0.3) is 11.0 Å². The molecule has 90 valence electrons. The lowest BCUT2D eigenvalue weighted by Gasteiger charge is -2.33. The molecule has 0 spiro atoms. The molecule has 0 saturated heterocycles. The number of allylic oxidation sites excluding steroid dienone is 2. The van der Waals surface area contributed by atoms with Gasteiger partial charge in [-0.1, -0.05) is 30.4 Å². The molecule has 2 aromatic rings. The van der Waals surface area contributed by atoms with Gasteiger partial charge in [-0.05, 0) is 17.7 Å². The first kappa shape index (κ1) is 11.1. The van der Waals surface area contributed by atoms with Crippen LogP contribution in [0.3, 0.4) is 0 Å². The van der Waals surface area contributed by atoms with E-state index in [4.69, 9.17) is 11.5 Å². The van der Waals surface area contributed by atoms with Crippen LogP contribution in [-0.4, -0.2) is 16.0 Å². The van der Waals surface area contributed by atoms with Gasteiger partial charge in [0, 0.05) is 18.4 Å². The zero-order chi connectivity index (χ0) is 12.6. The van der Waals surface area contributed by atoms with Gasteiger partial charge in [-0.2, -0.15) is 0 Å². The topological polar surface area (TPSA) is 77.8 Å². The minimum absolute atomic E-state index is 0.239. The third kappa shape index (κ3) is 1.63. The van der Waals surface area contributed by atoms with Gasteiger partial charge in [0.25, 0.3) is 0 Å². The summed E-state index contributed by atoms with van der Waals surface area (Å²) >= 11 is 0. The molecule has 0 saturated carbocycles. The Hall–Kier alpha value is -2.04. The van der Waals surface area contributed by atoms with Crippen molar-refractivity contribution < 1.29 is 0 Å². The van der Waals surface area contributed by atoms with Gasteiger partial charge in [-0.15, -0.1) is 0 Å². The first-order valence-corrected chi connectivity index (χ1v) is 5.82. The molecule has 1 aliphatic rings. The molecule has 0 bridgehead atoms. The molecule has 4 heteroatoms. The summed E-state index contributed by atoms with van der Waals surface area (Å²) in [5, 5.41) is 0. The lowest BCUT2D eigenvalue weighted by Crippen LogP contribution is -2.50. The van der Waals surface area contributed by atoms with Crippen molar-refractivity contribution in [3.05, 3.63) is 60.5 Å². The standard InChI is InChI=1S/C14H14N4/c15-13-3-1-2-6-14(13,16)10-4-5-11-12(9-10)18-8-7-17-11/h1-9,13H,15-16H2. The molecule has 1 heterocycles. The zero-order valence-electron chi connectivity index (χ0n) is 9.82. The molecule has 2 atom stereocenters. The number of fused-ring (bicyclic) bond motifs is 1. The fraction of sp³-hybridized carbons (Fsp3) is 0.143. The predicted molar refractivity (Wildman–Crippen MR) is 71.7 cm³/mol. The van der Waals surface area contributed by atoms with Crippen molar-refractivity contribution in [2.75, 3.05) is 0 Å². The summed E-state index contributed by atoms with van der Waals surface area (Å²) in [5.41, 5.74) is 14.4. The molecule has 0 amide bonds. The van der Waals surface area contributed by atoms with Crippen LogP contribution < -0.4 is 11.5 Å². The van der Waals surface area contributed by atoms with Crippen molar-refractivity contribution in [3.8, 4) is 0 Å². The second-order valence-electron chi connectivity index (χ2n) is 4.46. The largest absolute Gasteiger partial charge is 0.322 e. The number of nitrogens with zero attached hydrogens (tertiary/aromatic N) is 2. The molecule has 2 unspecified atom stereocenters. The molecule has 1 aromatic carbocycles. The van der Waals surface area contributed by atoms with E-state index in [0.717, 1.165) is 16.6 Å². The highest BCUT2D eigenvalue weighted by Gasteiger charge is 2.31. The number of hydrogen-bond acceptors (Lipinski definition) is 4. The highest BCUT2D eigenvalue weighted by atomic mass is 14.9. The Labute approximate surface area is 105 Å². The number of benzene rings is 1. The number of hydrogen-bond donors (Lipinski definition) is 2.